The van der Waals surface area contributed by atoms with E-state index < -0.39 is 0 Å². The van der Waals surface area contributed by atoms with Gasteiger partial charge in [0.25, 0.3) is 0 Å². The zero-order valence-corrected chi connectivity index (χ0v) is 14.3. The third-order valence-corrected chi connectivity index (χ3v) is 3.78. The lowest BCUT2D eigenvalue weighted by molar-refractivity contribution is 0.936. The first-order chi connectivity index (χ1) is 12.2. The van der Waals surface area contributed by atoms with E-state index in [-0.39, 0.29) is 0 Å². The number of nitrogens with zero attached hydrogens (tertiary/aromatic N) is 4. The van der Waals surface area contributed by atoms with Gasteiger partial charge in [-0.05, 0) is 38.1 Å². The fraction of sp³-hybridized carbons (Fsp3) is 0.150. The molecule has 0 radical (unpaired) electrons. The van der Waals surface area contributed by atoms with Crippen LogP contribution in [-0.2, 0) is 0 Å². The fourth-order valence-electron chi connectivity index (χ4n) is 2.61. The van der Waals surface area contributed by atoms with Crippen LogP contribution in [-0.4, -0.2) is 16.5 Å². The fourth-order valence-corrected chi connectivity index (χ4v) is 2.61. The molecule has 5 heteroatoms. The Morgan fingerprint density at radius 3 is 2.48 bits per heavy atom. The Bertz CT molecular complexity index is 899. The molecule has 25 heavy (non-hydrogen) atoms. The number of hydrogen-bond donors (Lipinski definition) is 1. The Balaban J connectivity index is 1.97. The van der Waals surface area contributed by atoms with E-state index in [1.165, 1.54) is 0 Å². The van der Waals surface area contributed by atoms with Gasteiger partial charge >= 0.3 is 0 Å². The minimum absolute atomic E-state index is 0.579. The normalized spacial score (nSPS) is 10.1. The van der Waals surface area contributed by atoms with Crippen molar-refractivity contribution in [2.24, 2.45) is 0 Å². The lowest BCUT2D eigenvalue weighted by atomic mass is 10.2. The maximum Gasteiger partial charge on any atom is 0.232 e. The van der Waals surface area contributed by atoms with Gasteiger partial charge in [0.2, 0.25) is 5.95 Å². The van der Waals surface area contributed by atoms with Crippen LogP contribution in [0.4, 0.5) is 23.1 Å². The molecule has 0 unspecified atom stereocenters. The Kier molecular flexibility index (Phi) is 4.91. The second-order valence-electron chi connectivity index (χ2n) is 5.56. The number of benzene rings is 2. The molecule has 124 valence electrons. The van der Waals surface area contributed by atoms with Crippen molar-refractivity contribution in [1.29, 1.82) is 5.26 Å². The molecule has 3 rings (SSSR count). The van der Waals surface area contributed by atoms with Gasteiger partial charge in [0.15, 0.2) is 0 Å². The lowest BCUT2D eigenvalue weighted by Gasteiger charge is -2.22. The molecule has 0 amide bonds. The van der Waals surface area contributed by atoms with Gasteiger partial charge in [0.05, 0.1) is 11.3 Å². The maximum absolute atomic E-state index is 9.25. The molecule has 5 nitrogen and oxygen atoms in total. The van der Waals surface area contributed by atoms with E-state index in [0.29, 0.717) is 17.3 Å². The Hall–Kier alpha value is -3.39. The van der Waals surface area contributed by atoms with Crippen LogP contribution in [0.5, 0.6) is 0 Å². The quantitative estimate of drug-likeness (QED) is 0.743. The summed E-state index contributed by atoms with van der Waals surface area (Å²) in [5.74, 6) is 1.30. The minimum Gasteiger partial charge on any atom is -0.339 e. The Morgan fingerprint density at radius 2 is 1.76 bits per heavy atom. The molecule has 3 aromatic rings. The van der Waals surface area contributed by atoms with Gasteiger partial charge in [-0.25, -0.2) is 4.98 Å². The van der Waals surface area contributed by atoms with Crippen molar-refractivity contribution in [2.75, 3.05) is 16.8 Å². The highest BCUT2D eigenvalue weighted by Gasteiger charge is 2.12. The molecule has 0 aliphatic rings. The molecule has 0 saturated heterocycles. The highest BCUT2D eigenvalue weighted by Crippen LogP contribution is 2.25. The third kappa shape index (κ3) is 3.75. The van der Waals surface area contributed by atoms with Crippen LogP contribution >= 0.6 is 0 Å². The van der Waals surface area contributed by atoms with Crippen molar-refractivity contribution in [1.82, 2.24) is 9.97 Å². The molecule has 0 fully saturated rings. The number of rotatable bonds is 5. The predicted octanol–water partition coefficient (Wildman–Crippen LogP) is 4.56. The van der Waals surface area contributed by atoms with Gasteiger partial charge in [-0.2, -0.15) is 10.2 Å². The highest BCUT2D eigenvalue weighted by atomic mass is 15.3. The lowest BCUT2D eigenvalue weighted by Crippen LogP contribution is -2.19. The summed E-state index contributed by atoms with van der Waals surface area (Å²) in [5.41, 5.74) is 3.21. The van der Waals surface area contributed by atoms with E-state index >= 15 is 0 Å². The molecular weight excluding hydrogens is 310 g/mol. The topological polar surface area (TPSA) is 64.8 Å². The largest absolute Gasteiger partial charge is 0.339 e. The van der Waals surface area contributed by atoms with Crippen LogP contribution < -0.4 is 10.2 Å². The van der Waals surface area contributed by atoms with E-state index in [0.717, 1.165) is 23.6 Å². The number of aryl methyl sites for hydroxylation is 1. The van der Waals surface area contributed by atoms with Crippen molar-refractivity contribution >= 4 is 23.1 Å². The molecule has 0 aliphatic heterocycles. The first-order valence-electron chi connectivity index (χ1n) is 8.15. The van der Waals surface area contributed by atoms with Gasteiger partial charge in [0.1, 0.15) is 11.9 Å². The van der Waals surface area contributed by atoms with Gasteiger partial charge in [-0.15, -0.1) is 0 Å². The molecule has 0 spiro atoms. The first kappa shape index (κ1) is 16.5. The van der Waals surface area contributed by atoms with Gasteiger partial charge < -0.3 is 10.2 Å². The second-order valence-corrected chi connectivity index (χ2v) is 5.56. The average Bonchev–Trinajstić information content (AvgIpc) is 2.63. The van der Waals surface area contributed by atoms with Crippen LogP contribution in [0.25, 0.3) is 0 Å². The van der Waals surface area contributed by atoms with Crippen molar-refractivity contribution in [3.05, 3.63) is 71.9 Å². The van der Waals surface area contributed by atoms with Crippen LogP contribution in [0.1, 0.15) is 18.2 Å². The molecule has 1 heterocycles. The van der Waals surface area contributed by atoms with Crippen LogP contribution in [0.3, 0.4) is 0 Å². The smallest absolute Gasteiger partial charge is 0.232 e. The summed E-state index contributed by atoms with van der Waals surface area (Å²) in [6.45, 7) is 4.75. The van der Waals surface area contributed by atoms with Crippen molar-refractivity contribution in [3.63, 3.8) is 0 Å². The summed E-state index contributed by atoms with van der Waals surface area (Å²) in [5, 5.41) is 12.5. The zero-order chi connectivity index (χ0) is 17.6. The standard InChI is InChI=1S/C20H19N5/c1-3-25(17-10-5-4-6-11-17)20-22-15(2)13-19(24-20)23-18-12-8-7-9-16(18)14-21/h4-13H,3H2,1-2H3,(H,22,23,24). The van der Waals surface area contributed by atoms with Crippen LogP contribution in [0.15, 0.2) is 60.7 Å². The summed E-state index contributed by atoms with van der Waals surface area (Å²) < 4.78 is 0. The van der Waals surface area contributed by atoms with Crippen LogP contribution in [0.2, 0.25) is 0 Å². The van der Waals surface area contributed by atoms with E-state index in [2.05, 4.69) is 28.3 Å². The van der Waals surface area contributed by atoms with E-state index in [4.69, 9.17) is 0 Å². The van der Waals surface area contributed by atoms with E-state index in [1.807, 2.05) is 66.4 Å². The molecule has 0 bridgehead atoms. The van der Waals surface area contributed by atoms with Gasteiger partial charge in [-0.1, -0.05) is 30.3 Å². The summed E-state index contributed by atoms with van der Waals surface area (Å²) >= 11 is 0. The molecular formula is C20H19N5. The molecule has 0 atom stereocenters. The zero-order valence-electron chi connectivity index (χ0n) is 14.3. The predicted molar refractivity (Wildman–Crippen MR) is 100 cm³/mol. The van der Waals surface area contributed by atoms with E-state index in [9.17, 15) is 5.26 Å². The van der Waals surface area contributed by atoms with Crippen molar-refractivity contribution < 1.29 is 0 Å². The van der Waals surface area contributed by atoms with E-state index in [1.54, 1.807) is 6.07 Å². The minimum atomic E-state index is 0.579. The van der Waals surface area contributed by atoms with Crippen molar-refractivity contribution in [2.45, 2.75) is 13.8 Å². The van der Waals surface area contributed by atoms with Gasteiger partial charge in [-0.3, -0.25) is 0 Å². The first-order valence-corrected chi connectivity index (χ1v) is 8.15. The molecule has 2 aromatic carbocycles. The summed E-state index contributed by atoms with van der Waals surface area (Å²) in [4.78, 5) is 11.3. The Morgan fingerprint density at radius 1 is 1.04 bits per heavy atom. The molecule has 1 N–H and O–H groups in total. The number of para-hydroxylation sites is 2. The maximum atomic E-state index is 9.25. The molecule has 0 saturated carbocycles. The summed E-state index contributed by atoms with van der Waals surface area (Å²) in [7, 11) is 0. The third-order valence-electron chi connectivity index (χ3n) is 3.78. The van der Waals surface area contributed by atoms with Crippen LogP contribution in [0, 0.1) is 18.3 Å². The summed E-state index contributed by atoms with van der Waals surface area (Å²) in [6, 6.07) is 21.5. The van der Waals surface area contributed by atoms with Gasteiger partial charge in [0, 0.05) is 24.0 Å². The summed E-state index contributed by atoms with van der Waals surface area (Å²) in [6.07, 6.45) is 0. The number of nitriles is 1. The number of nitrogens with one attached hydrogen (secondary N) is 1. The number of anilines is 4. The number of aromatic nitrogens is 2. The Labute approximate surface area is 147 Å². The number of hydrogen-bond acceptors (Lipinski definition) is 5. The molecule has 1 aromatic heterocycles. The van der Waals surface area contributed by atoms with Crippen molar-refractivity contribution in [3.8, 4) is 6.07 Å². The average molecular weight is 329 g/mol. The second kappa shape index (κ2) is 7.45. The SMILES string of the molecule is CCN(c1ccccc1)c1nc(C)cc(Nc2ccccc2C#N)n1. The molecule has 0 aliphatic carbocycles. The highest BCUT2D eigenvalue weighted by molar-refractivity contribution is 5.66. The monoisotopic (exact) mass is 329 g/mol.